The van der Waals surface area contributed by atoms with E-state index in [0.29, 0.717) is 16.9 Å². The van der Waals surface area contributed by atoms with E-state index in [-0.39, 0.29) is 17.6 Å². The summed E-state index contributed by atoms with van der Waals surface area (Å²) in [7, 11) is 0. The lowest BCUT2D eigenvalue weighted by molar-refractivity contribution is -0.222. The molecule has 0 aliphatic heterocycles. The zero-order chi connectivity index (χ0) is 14.1. The first kappa shape index (κ1) is 13.9. The molecule has 1 N–H and O–H groups in total. The van der Waals surface area contributed by atoms with Crippen molar-refractivity contribution in [3.63, 3.8) is 0 Å². The van der Waals surface area contributed by atoms with Gasteiger partial charge in [-0.2, -0.15) is 0 Å². The predicted octanol–water partition coefficient (Wildman–Crippen LogP) is 3.77. The van der Waals surface area contributed by atoms with Crippen molar-refractivity contribution in [1.29, 1.82) is 0 Å². The summed E-state index contributed by atoms with van der Waals surface area (Å²) in [5.41, 5.74) is 0.748. The van der Waals surface area contributed by atoms with Crippen LogP contribution in [0.1, 0.15) is 66.7 Å². The van der Waals surface area contributed by atoms with E-state index in [1.807, 2.05) is 0 Å². The lowest BCUT2D eigenvalue weighted by Crippen LogP contribution is -2.58. The molecule has 2 heteroatoms. The van der Waals surface area contributed by atoms with Crippen molar-refractivity contribution in [1.82, 2.24) is 0 Å². The van der Waals surface area contributed by atoms with Gasteiger partial charge in [-0.05, 0) is 42.4 Å². The van der Waals surface area contributed by atoms with Crippen molar-refractivity contribution in [2.24, 2.45) is 22.2 Å². The Hall–Kier alpha value is -0.0800. The van der Waals surface area contributed by atoms with Gasteiger partial charge in [-0.25, -0.2) is 0 Å². The lowest BCUT2D eigenvalue weighted by atomic mass is 9.63. The van der Waals surface area contributed by atoms with Gasteiger partial charge in [-0.3, -0.25) is 0 Å². The molecule has 0 saturated heterocycles. The van der Waals surface area contributed by atoms with Gasteiger partial charge in [-0.15, -0.1) is 0 Å². The predicted molar refractivity (Wildman–Crippen MR) is 76.9 cm³/mol. The van der Waals surface area contributed by atoms with Crippen LogP contribution in [0.25, 0.3) is 0 Å². The van der Waals surface area contributed by atoms with E-state index in [1.165, 1.54) is 19.3 Å². The monoisotopic (exact) mass is 266 g/mol. The first-order chi connectivity index (χ1) is 8.75. The van der Waals surface area contributed by atoms with Gasteiger partial charge in [0.25, 0.3) is 0 Å². The summed E-state index contributed by atoms with van der Waals surface area (Å²) in [6, 6.07) is 0. The fourth-order valence-corrected chi connectivity index (χ4v) is 5.00. The van der Waals surface area contributed by atoms with Gasteiger partial charge in [0.2, 0.25) is 0 Å². The normalized spacial score (nSPS) is 55.3. The molecule has 6 atom stereocenters. The summed E-state index contributed by atoms with van der Waals surface area (Å²) in [6.45, 7) is 11.7. The summed E-state index contributed by atoms with van der Waals surface area (Å²) in [5, 5.41) is 10.0. The highest BCUT2D eigenvalue weighted by Crippen LogP contribution is 2.67. The van der Waals surface area contributed by atoms with E-state index in [9.17, 15) is 5.11 Å². The second-order valence-corrected chi connectivity index (χ2v) is 8.33. The van der Waals surface area contributed by atoms with E-state index in [0.717, 1.165) is 18.8 Å². The minimum absolute atomic E-state index is 0.0116. The van der Waals surface area contributed by atoms with Crippen LogP contribution in [0.3, 0.4) is 0 Å². The van der Waals surface area contributed by atoms with Gasteiger partial charge in [0.1, 0.15) is 0 Å². The molecule has 3 aliphatic rings. The van der Waals surface area contributed by atoms with Crippen LogP contribution in [0, 0.1) is 22.2 Å². The molecule has 6 unspecified atom stereocenters. The minimum Gasteiger partial charge on any atom is -0.392 e. The van der Waals surface area contributed by atoms with Crippen molar-refractivity contribution < 1.29 is 9.84 Å². The topological polar surface area (TPSA) is 29.5 Å². The first-order valence-electron chi connectivity index (χ1n) is 8.09. The van der Waals surface area contributed by atoms with E-state index >= 15 is 0 Å². The van der Waals surface area contributed by atoms with Crippen molar-refractivity contribution >= 4 is 0 Å². The van der Waals surface area contributed by atoms with Gasteiger partial charge < -0.3 is 9.84 Å². The molecule has 0 radical (unpaired) electrons. The van der Waals surface area contributed by atoms with Gasteiger partial charge in [0.05, 0.1) is 18.3 Å². The van der Waals surface area contributed by atoms with Crippen LogP contribution in [0.15, 0.2) is 0 Å². The molecule has 2 bridgehead atoms. The number of aliphatic hydroxyl groups is 1. The number of ether oxygens (including phenoxy) is 1. The fourth-order valence-electron chi connectivity index (χ4n) is 5.00. The maximum Gasteiger partial charge on any atom is 0.0682 e. The average molecular weight is 266 g/mol. The zero-order valence-electron chi connectivity index (χ0n) is 13.2. The number of hydrogen-bond acceptors (Lipinski definition) is 2. The molecule has 0 heterocycles. The molecule has 0 amide bonds. The van der Waals surface area contributed by atoms with Crippen molar-refractivity contribution in [3.8, 4) is 0 Å². The van der Waals surface area contributed by atoms with Crippen molar-refractivity contribution in [3.05, 3.63) is 0 Å². The molecule has 3 rings (SSSR count). The van der Waals surface area contributed by atoms with Crippen LogP contribution in [0.5, 0.6) is 0 Å². The second-order valence-electron chi connectivity index (χ2n) is 8.33. The third-order valence-electron chi connectivity index (χ3n) is 7.74. The standard InChI is InChI=1S/C17H30O2/c1-6-16(4)12(18)10-13(16)19-14-9-11-7-8-17(14,5)15(11,2)3/h11-14,18H,6-10H2,1-5H3. The highest BCUT2D eigenvalue weighted by atomic mass is 16.5. The summed E-state index contributed by atoms with van der Waals surface area (Å²) >= 11 is 0. The van der Waals surface area contributed by atoms with E-state index in [4.69, 9.17) is 4.74 Å². The smallest absolute Gasteiger partial charge is 0.0682 e. The summed E-state index contributed by atoms with van der Waals surface area (Å²) in [6.07, 6.45) is 6.28. The second kappa shape index (κ2) is 3.98. The van der Waals surface area contributed by atoms with Crippen LogP contribution in [-0.4, -0.2) is 23.4 Å². The summed E-state index contributed by atoms with van der Waals surface area (Å²) in [5.74, 6) is 0.834. The Morgan fingerprint density at radius 3 is 2.21 bits per heavy atom. The molecule has 110 valence electrons. The Morgan fingerprint density at radius 1 is 1.11 bits per heavy atom. The van der Waals surface area contributed by atoms with Crippen LogP contribution in [0.2, 0.25) is 0 Å². The third kappa shape index (κ3) is 1.56. The molecule has 0 aromatic carbocycles. The maximum atomic E-state index is 10.0. The number of hydrogen-bond donors (Lipinski definition) is 1. The fraction of sp³-hybridized carbons (Fsp3) is 1.00. The minimum atomic E-state index is -0.165. The number of fused-ring (bicyclic) bond motifs is 2. The van der Waals surface area contributed by atoms with Crippen LogP contribution >= 0.6 is 0 Å². The Bertz CT molecular complexity index is 377. The molecule has 0 aromatic heterocycles. The zero-order valence-corrected chi connectivity index (χ0v) is 13.2. The van der Waals surface area contributed by atoms with Gasteiger partial charge in [0.15, 0.2) is 0 Å². The first-order valence-corrected chi connectivity index (χ1v) is 8.09. The Labute approximate surface area is 117 Å². The average Bonchev–Trinajstić information content (AvgIpc) is 2.70. The summed E-state index contributed by atoms with van der Waals surface area (Å²) in [4.78, 5) is 0. The largest absolute Gasteiger partial charge is 0.392 e. The molecule has 3 fully saturated rings. The highest BCUT2D eigenvalue weighted by Gasteiger charge is 2.63. The molecular formula is C17H30O2. The Balaban J connectivity index is 1.73. The molecule has 0 aromatic rings. The highest BCUT2D eigenvalue weighted by molar-refractivity contribution is 5.12. The van der Waals surface area contributed by atoms with Crippen LogP contribution in [-0.2, 0) is 4.74 Å². The SMILES string of the molecule is CCC1(C)C(O)CC1OC1CC2CCC1(C)C2(C)C. The van der Waals surface area contributed by atoms with Gasteiger partial charge in [-0.1, -0.05) is 34.6 Å². The van der Waals surface area contributed by atoms with Crippen molar-refractivity contribution in [2.75, 3.05) is 0 Å². The molecular weight excluding hydrogens is 236 g/mol. The van der Waals surface area contributed by atoms with E-state index in [1.54, 1.807) is 0 Å². The Morgan fingerprint density at radius 2 is 1.79 bits per heavy atom. The molecule has 3 saturated carbocycles. The lowest BCUT2D eigenvalue weighted by Gasteiger charge is -2.53. The van der Waals surface area contributed by atoms with Gasteiger partial charge >= 0.3 is 0 Å². The van der Waals surface area contributed by atoms with Crippen LogP contribution < -0.4 is 0 Å². The molecule has 3 aliphatic carbocycles. The quantitative estimate of drug-likeness (QED) is 0.842. The third-order valence-corrected chi connectivity index (χ3v) is 7.74. The van der Waals surface area contributed by atoms with E-state index < -0.39 is 0 Å². The molecule has 2 nitrogen and oxygen atoms in total. The molecule has 19 heavy (non-hydrogen) atoms. The summed E-state index contributed by atoms with van der Waals surface area (Å²) < 4.78 is 6.54. The van der Waals surface area contributed by atoms with Gasteiger partial charge in [0, 0.05) is 11.8 Å². The number of aliphatic hydroxyl groups excluding tert-OH is 1. The number of rotatable bonds is 3. The van der Waals surface area contributed by atoms with Crippen LogP contribution in [0.4, 0.5) is 0 Å². The van der Waals surface area contributed by atoms with E-state index in [2.05, 4.69) is 34.6 Å². The van der Waals surface area contributed by atoms with Crippen molar-refractivity contribution in [2.45, 2.75) is 85.0 Å². The molecule has 0 spiro atoms. The maximum absolute atomic E-state index is 10.0. The Kier molecular flexibility index (Phi) is 2.91.